The first kappa shape index (κ1) is 14.8. The van der Waals surface area contributed by atoms with Crippen LogP contribution in [-0.2, 0) is 6.54 Å². The lowest BCUT2D eigenvalue weighted by Crippen LogP contribution is -2.29. The maximum absolute atomic E-state index is 12.5. The Morgan fingerprint density at radius 2 is 1.95 bits per heavy atom. The van der Waals surface area contributed by atoms with Crippen LogP contribution in [0.15, 0.2) is 28.3 Å². The summed E-state index contributed by atoms with van der Waals surface area (Å²) in [6.07, 6.45) is 1.38. The van der Waals surface area contributed by atoms with Crippen LogP contribution >= 0.6 is 11.8 Å². The molecule has 1 aliphatic heterocycles. The lowest BCUT2D eigenvalue weighted by atomic mass is 10.0. The predicted octanol–water partition coefficient (Wildman–Crippen LogP) is 2.53. The summed E-state index contributed by atoms with van der Waals surface area (Å²) in [5, 5.41) is 3.54. The molecular weight excluding hydrogens is 298 g/mol. The summed E-state index contributed by atoms with van der Waals surface area (Å²) in [6.45, 7) is 6.51. The molecule has 2 aromatic rings. The van der Waals surface area contributed by atoms with Crippen molar-refractivity contribution in [1.29, 1.82) is 0 Å². The number of hydrogen-bond acceptors (Lipinski definition) is 4. The van der Waals surface area contributed by atoms with Gasteiger partial charge in [-0.15, -0.1) is 0 Å². The SMILES string of the molecule is Cc1cc(C)c(NC(=O)c2cnc3n(c2=O)CCS3)c(C)c1. The number of nitrogens with one attached hydrogen (secondary N) is 1. The van der Waals surface area contributed by atoms with E-state index in [2.05, 4.69) is 10.3 Å². The van der Waals surface area contributed by atoms with E-state index in [1.807, 2.05) is 32.9 Å². The standard InChI is InChI=1S/C16H17N3O2S/c1-9-6-10(2)13(11(3)7-9)18-14(20)12-8-17-16-19(15(12)21)4-5-22-16/h6-8H,4-5H2,1-3H3,(H,18,20). The van der Waals surface area contributed by atoms with Crippen molar-refractivity contribution in [3.63, 3.8) is 0 Å². The van der Waals surface area contributed by atoms with Gasteiger partial charge in [-0.1, -0.05) is 29.5 Å². The molecule has 5 nitrogen and oxygen atoms in total. The van der Waals surface area contributed by atoms with E-state index in [4.69, 9.17) is 0 Å². The van der Waals surface area contributed by atoms with Crippen LogP contribution in [0.5, 0.6) is 0 Å². The van der Waals surface area contributed by atoms with Gasteiger partial charge in [0.2, 0.25) is 0 Å². The quantitative estimate of drug-likeness (QED) is 0.865. The largest absolute Gasteiger partial charge is 0.321 e. The molecule has 1 N–H and O–H groups in total. The lowest BCUT2D eigenvalue weighted by Gasteiger charge is -2.13. The Morgan fingerprint density at radius 1 is 1.27 bits per heavy atom. The molecule has 0 spiro atoms. The number of nitrogens with zero attached hydrogens (tertiary/aromatic N) is 2. The summed E-state index contributed by atoms with van der Waals surface area (Å²) in [5.74, 6) is 0.420. The minimum atomic E-state index is -0.403. The molecular formula is C16H17N3O2S. The molecule has 1 aliphatic rings. The molecule has 1 aromatic carbocycles. The van der Waals surface area contributed by atoms with Gasteiger partial charge in [-0.05, 0) is 31.9 Å². The highest BCUT2D eigenvalue weighted by atomic mass is 32.2. The molecule has 1 aromatic heterocycles. The lowest BCUT2D eigenvalue weighted by molar-refractivity contribution is 0.102. The average Bonchev–Trinajstić information content (AvgIpc) is 2.92. The van der Waals surface area contributed by atoms with Gasteiger partial charge in [0.25, 0.3) is 11.5 Å². The van der Waals surface area contributed by atoms with Crippen molar-refractivity contribution < 1.29 is 4.79 Å². The second kappa shape index (κ2) is 5.61. The number of amides is 1. The van der Waals surface area contributed by atoms with Crippen LogP contribution in [0.25, 0.3) is 0 Å². The number of rotatable bonds is 2. The number of carbonyl (C=O) groups excluding carboxylic acids is 1. The molecule has 0 unspecified atom stereocenters. The van der Waals surface area contributed by atoms with Crippen molar-refractivity contribution in [1.82, 2.24) is 9.55 Å². The Hall–Kier alpha value is -2.08. The monoisotopic (exact) mass is 315 g/mol. The molecule has 0 saturated carbocycles. The van der Waals surface area contributed by atoms with Crippen molar-refractivity contribution in [2.45, 2.75) is 32.5 Å². The summed E-state index contributed by atoms with van der Waals surface area (Å²) < 4.78 is 1.56. The summed E-state index contributed by atoms with van der Waals surface area (Å²) in [7, 11) is 0. The van der Waals surface area contributed by atoms with Crippen molar-refractivity contribution in [2.24, 2.45) is 0 Å². The molecule has 3 rings (SSSR count). The number of fused-ring (bicyclic) bond motifs is 1. The first-order chi connectivity index (χ1) is 10.5. The Balaban J connectivity index is 1.95. The van der Waals surface area contributed by atoms with Gasteiger partial charge >= 0.3 is 0 Å². The van der Waals surface area contributed by atoms with E-state index < -0.39 is 5.91 Å². The van der Waals surface area contributed by atoms with E-state index in [1.165, 1.54) is 18.0 Å². The van der Waals surface area contributed by atoms with Crippen LogP contribution < -0.4 is 10.9 Å². The summed E-state index contributed by atoms with van der Waals surface area (Å²) >= 11 is 1.53. The maximum Gasteiger partial charge on any atom is 0.267 e. The fraction of sp³-hybridized carbons (Fsp3) is 0.312. The second-order valence-corrected chi connectivity index (χ2v) is 6.55. The van der Waals surface area contributed by atoms with Gasteiger partial charge in [0.15, 0.2) is 5.16 Å². The molecule has 0 fully saturated rings. The van der Waals surface area contributed by atoms with Gasteiger partial charge in [-0.25, -0.2) is 4.98 Å². The van der Waals surface area contributed by atoms with E-state index in [-0.39, 0.29) is 11.1 Å². The van der Waals surface area contributed by atoms with Gasteiger partial charge < -0.3 is 5.32 Å². The number of anilines is 1. The number of thioether (sulfide) groups is 1. The van der Waals surface area contributed by atoms with E-state index in [1.54, 1.807) is 4.57 Å². The van der Waals surface area contributed by atoms with Crippen molar-refractivity contribution in [3.05, 3.63) is 50.9 Å². The molecule has 1 amide bonds. The Kier molecular flexibility index (Phi) is 3.78. The van der Waals surface area contributed by atoms with Crippen LogP contribution in [0, 0.1) is 20.8 Å². The zero-order valence-corrected chi connectivity index (χ0v) is 13.6. The third-order valence-electron chi connectivity index (χ3n) is 3.72. The molecule has 0 aliphatic carbocycles. The number of aromatic nitrogens is 2. The molecule has 0 bridgehead atoms. The van der Waals surface area contributed by atoms with E-state index >= 15 is 0 Å². The van der Waals surface area contributed by atoms with Gasteiger partial charge in [-0.2, -0.15) is 0 Å². The number of hydrogen-bond donors (Lipinski definition) is 1. The molecule has 0 atom stereocenters. The smallest absolute Gasteiger partial charge is 0.267 e. The highest BCUT2D eigenvalue weighted by Crippen LogP contribution is 2.23. The van der Waals surface area contributed by atoms with Gasteiger partial charge in [0.05, 0.1) is 0 Å². The summed E-state index contributed by atoms with van der Waals surface area (Å²) in [6, 6.07) is 4.01. The first-order valence-corrected chi connectivity index (χ1v) is 8.08. The summed E-state index contributed by atoms with van der Waals surface area (Å²) in [5.41, 5.74) is 3.69. The fourth-order valence-electron chi connectivity index (χ4n) is 2.73. The first-order valence-electron chi connectivity index (χ1n) is 7.09. The zero-order valence-electron chi connectivity index (χ0n) is 12.8. The van der Waals surface area contributed by atoms with E-state index in [0.29, 0.717) is 11.7 Å². The predicted molar refractivity (Wildman–Crippen MR) is 87.8 cm³/mol. The van der Waals surface area contributed by atoms with Crippen molar-refractivity contribution in [2.75, 3.05) is 11.1 Å². The number of carbonyl (C=O) groups is 1. The minimum Gasteiger partial charge on any atom is -0.321 e. The molecule has 2 heterocycles. The van der Waals surface area contributed by atoms with Crippen LogP contribution in [-0.4, -0.2) is 21.2 Å². The van der Waals surface area contributed by atoms with E-state index in [0.717, 1.165) is 28.1 Å². The van der Waals surface area contributed by atoms with Gasteiger partial charge in [0, 0.05) is 24.2 Å². The van der Waals surface area contributed by atoms with Gasteiger partial charge in [-0.3, -0.25) is 14.2 Å². The topological polar surface area (TPSA) is 64.0 Å². The minimum absolute atomic E-state index is 0.0885. The third-order valence-corrected chi connectivity index (χ3v) is 4.69. The highest BCUT2D eigenvalue weighted by Gasteiger charge is 2.20. The van der Waals surface area contributed by atoms with Crippen LogP contribution in [0.2, 0.25) is 0 Å². The third kappa shape index (κ3) is 2.54. The molecule has 0 radical (unpaired) electrons. The molecule has 22 heavy (non-hydrogen) atoms. The Bertz CT molecular complexity index is 804. The highest BCUT2D eigenvalue weighted by molar-refractivity contribution is 7.99. The summed E-state index contributed by atoms with van der Waals surface area (Å²) in [4.78, 5) is 29.0. The van der Waals surface area contributed by atoms with Crippen LogP contribution in [0.3, 0.4) is 0 Å². The molecule has 6 heteroatoms. The molecule has 114 valence electrons. The zero-order chi connectivity index (χ0) is 15.9. The van der Waals surface area contributed by atoms with Crippen LogP contribution in [0.4, 0.5) is 5.69 Å². The number of aryl methyl sites for hydroxylation is 3. The Labute approximate surface area is 132 Å². The van der Waals surface area contributed by atoms with Crippen molar-refractivity contribution in [3.8, 4) is 0 Å². The molecule has 0 saturated heterocycles. The fourth-order valence-corrected chi connectivity index (χ4v) is 3.65. The normalized spacial score (nSPS) is 13.0. The second-order valence-electron chi connectivity index (χ2n) is 5.49. The van der Waals surface area contributed by atoms with Crippen LogP contribution in [0.1, 0.15) is 27.0 Å². The van der Waals surface area contributed by atoms with Gasteiger partial charge in [0.1, 0.15) is 5.56 Å². The Morgan fingerprint density at radius 3 is 2.64 bits per heavy atom. The number of benzene rings is 1. The maximum atomic E-state index is 12.5. The average molecular weight is 315 g/mol. The van der Waals surface area contributed by atoms with Crippen molar-refractivity contribution >= 4 is 23.4 Å². The van der Waals surface area contributed by atoms with E-state index in [9.17, 15) is 9.59 Å².